The van der Waals surface area contributed by atoms with Crippen LogP contribution >= 0.6 is 0 Å². The fourth-order valence-corrected chi connectivity index (χ4v) is 3.40. The van der Waals surface area contributed by atoms with Crippen molar-refractivity contribution in [2.75, 3.05) is 31.1 Å². The Balaban J connectivity index is 1.54. The van der Waals surface area contributed by atoms with Crippen LogP contribution in [-0.4, -0.2) is 42.1 Å². The molecule has 1 aromatic rings. The van der Waals surface area contributed by atoms with Crippen LogP contribution in [0, 0.1) is 11.8 Å². The summed E-state index contributed by atoms with van der Waals surface area (Å²) < 4.78 is 0. The number of primary amides is 1. The van der Waals surface area contributed by atoms with E-state index >= 15 is 0 Å². The summed E-state index contributed by atoms with van der Waals surface area (Å²) in [4.78, 5) is 22.5. The number of anilines is 1. The van der Waals surface area contributed by atoms with E-state index < -0.39 is 0 Å². The fourth-order valence-electron chi connectivity index (χ4n) is 3.40. The summed E-state index contributed by atoms with van der Waals surface area (Å²) in [6.45, 7) is 3.88. The summed E-state index contributed by atoms with van der Waals surface area (Å²) in [6.07, 6.45) is 8.94. The number of rotatable bonds is 4. The Bertz CT molecular complexity index is 490. The summed E-state index contributed by atoms with van der Waals surface area (Å²) in [7, 11) is 0. The predicted molar refractivity (Wildman–Crippen MR) is 85.5 cm³/mol. The lowest BCUT2D eigenvalue weighted by Gasteiger charge is -2.31. The van der Waals surface area contributed by atoms with Gasteiger partial charge in [0.2, 0.25) is 5.91 Å². The molecule has 0 unspecified atom stereocenters. The highest BCUT2D eigenvalue weighted by atomic mass is 16.1. The number of carbonyl (C=O) groups is 1. The molecule has 2 fully saturated rings. The molecule has 1 atom stereocenters. The number of nitrogens with one attached hydrogen (secondary N) is 1. The Kier molecular flexibility index (Phi) is 4.87. The van der Waals surface area contributed by atoms with Gasteiger partial charge in [0.1, 0.15) is 5.82 Å². The normalized spacial score (nSPS) is 23.5. The van der Waals surface area contributed by atoms with Gasteiger partial charge in [-0.2, -0.15) is 0 Å². The molecule has 0 aliphatic carbocycles. The molecular formula is C16H25N5O. The minimum atomic E-state index is -0.179. The third kappa shape index (κ3) is 3.74. The quantitative estimate of drug-likeness (QED) is 0.856. The first-order valence-electron chi connectivity index (χ1n) is 8.28. The lowest BCUT2D eigenvalue weighted by atomic mass is 9.95. The molecular weight excluding hydrogens is 278 g/mol. The van der Waals surface area contributed by atoms with Gasteiger partial charge < -0.3 is 16.0 Å². The van der Waals surface area contributed by atoms with Crippen LogP contribution < -0.4 is 16.0 Å². The van der Waals surface area contributed by atoms with Gasteiger partial charge in [-0.05, 0) is 51.1 Å². The van der Waals surface area contributed by atoms with Gasteiger partial charge in [0.05, 0.1) is 18.1 Å². The topological polar surface area (TPSA) is 84.1 Å². The van der Waals surface area contributed by atoms with E-state index in [4.69, 9.17) is 5.73 Å². The van der Waals surface area contributed by atoms with E-state index in [0.717, 1.165) is 57.0 Å². The Morgan fingerprint density at radius 2 is 2.09 bits per heavy atom. The highest BCUT2D eigenvalue weighted by Gasteiger charge is 2.24. The van der Waals surface area contributed by atoms with Crippen LogP contribution in [0.2, 0.25) is 0 Å². The molecule has 1 amide bonds. The van der Waals surface area contributed by atoms with Crippen molar-refractivity contribution < 1.29 is 4.79 Å². The summed E-state index contributed by atoms with van der Waals surface area (Å²) in [5, 5.41) is 3.44. The van der Waals surface area contributed by atoms with E-state index in [2.05, 4.69) is 20.2 Å². The highest BCUT2D eigenvalue weighted by molar-refractivity contribution is 5.76. The second-order valence-electron chi connectivity index (χ2n) is 6.45. The molecule has 22 heavy (non-hydrogen) atoms. The Morgan fingerprint density at radius 1 is 1.27 bits per heavy atom. The zero-order chi connectivity index (χ0) is 15.4. The maximum atomic E-state index is 11.2. The number of hydrogen-bond acceptors (Lipinski definition) is 5. The zero-order valence-corrected chi connectivity index (χ0v) is 13.0. The zero-order valence-electron chi connectivity index (χ0n) is 13.0. The summed E-state index contributed by atoms with van der Waals surface area (Å²) >= 11 is 0. The Hall–Kier alpha value is -1.69. The van der Waals surface area contributed by atoms with E-state index in [1.807, 2.05) is 12.4 Å². The monoisotopic (exact) mass is 303 g/mol. The van der Waals surface area contributed by atoms with Crippen LogP contribution in [0.3, 0.4) is 0 Å². The van der Waals surface area contributed by atoms with Gasteiger partial charge in [0, 0.05) is 19.0 Å². The average Bonchev–Trinajstić information content (AvgIpc) is 2.57. The number of nitrogens with two attached hydrogens (primary N) is 1. The first-order valence-corrected chi connectivity index (χ1v) is 8.28. The molecule has 0 radical (unpaired) electrons. The molecule has 1 aromatic heterocycles. The summed E-state index contributed by atoms with van der Waals surface area (Å²) in [6, 6.07) is 0. The smallest absolute Gasteiger partial charge is 0.220 e. The second-order valence-corrected chi connectivity index (χ2v) is 6.45. The molecule has 120 valence electrons. The van der Waals surface area contributed by atoms with Gasteiger partial charge in [0.15, 0.2) is 0 Å². The SMILES string of the molecule is NC(=O)C1CCN(c2cnc(C[C@H]3CCCNC3)cn2)CC1. The molecule has 0 saturated carbocycles. The van der Waals surface area contributed by atoms with E-state index in [9.17, 15) is 4.79 Å². The second kappa shape index (κ2) is 7.05. The van der Waals surface area contributed by atoms with Crippen LogP contribution in [-0.2, 0) is 11.2 Å². The minimum Gasteiger partial charge on any atom is -0.369 e. The van der Waals surface area contributed by atoms with Gasteiger partial charge in [-0.25, -0.2) is 4.98 Å². The molecule has 6 heteroatoms. The van der Waals surface area contributed by atoms with Crippen molar-refractivity contribution in [2.45, 2.75) is 32.1 Å². The third-order valence-electron chi connectivity index (χ3n) is 4.81. The molecule has 3 rings (SSSR count). The van der Waals surface area contributed by atoms with Crippen molar-refractivity contribution in [1.82, 2.24) is 15.3 Å². The van der Waals surface area contributed by atoms with Crippen molar-refractivity contribution in [3.05, 3.63) is 18.1 Å². The van der Waals surface area contributed by atoms with Gasteiger partial charge >= 0.3 is 0 Å². The molecule has 3 N–H and O–H groups in total. The van der Waals surface area contributed by atoms with Crippen LogP contribution in [0.4, 0.5) is 5.82 Å². The van der Waals surface area contributed by atoms with Gasteiger partial charge in [-0.15, -0.1) is 0 Å². The maximum Gasteiger partial charge on any atom is 0.220 e. The molecule has 6 nitrogen and oxygen atoms in total. The molecule has 2 saturated heterocycles. The summed E-state index contributed by atoms with van der Waals surface area (Å²) in [5.41, 5.74) is 6.44. The van der Waals surface area contributed by atoms with Crippen LogP contribution in [0.1, 0.15) is 31.4 Å². The van der Waals surface area contributed by atoms with Crippen molar-refractivity contribution in [3.63, 3.8) is 0 Å². The van der Waals surface area contributed by atoms with Crippen molar-refractivity contribution in [2.24, 2.45) is 17.6 Å². The molecule has 0 aromatic carbocycles. The molecule has 2 aliphatic heterocycles. The average molecular weight is 303 g/mol. The number of aromatic nitrogens is 2. The van der Waals surface area contributed by atoms with Crippen LogP contribution in [0.15, 0.2) is 12.4 Å². The van der Waals surface area contributed by atoms with E-state index in [1.54, 1.807) is 0 Å². The van der Waals surface area contributed by atoms with Crippen molar-refractivity contribution >= 4 is 11.7 Å². The Labute approximate surface area is 131 Å². The predicted octanol–water partition coefficient (Wildman–Crippen LogP) is 0.720. The molecule has 2 aliphatic rings. The fraction of sp³-hybridized carbons (Fsp3) is 0.688. The minimum absolute atomic E-state index is 0.0160. The van der Waals surface area contributed by atoms with Crippen molar-refractivity contribution in [1.29, 1.82) is 0 Å². The third-order valence-corrected chi connectivity index (χ3v) is 4.81. The summed E-state index contributed by atoms with van der Waals surface area (Å²) in [5.74, 6) is 1.43. The van der Waals surface area contributed by atoms with E-state index in [-0.39, 0.29) is 11.8 Å². The van der Waals surface area contributed by atoms with Gasteiger partial charge in [0.25, 0.3) is 0 Å². The maximum absolute atomic E-state index is 11.2. The first kappa shape index (κ1) is 15.2. The number of piperidine rings is 2. The largest absolute Gasteiger partial charge is 0.369 e. The molecule has 0 spiro atoms. The van der Waals surface area contributed by atoms with Crippen LogP contribution in [0.5, 0.6) is 0 Å². The standard InChI is InChI=1S/C16H25N5O/c17-16(22)13-3-6-21(7-4-13)15-11-19-14(10-20-15)8-12-2-1-5-18-9-12/h10-13,18H,1-9H2,(H2,17,22)/t12-/m1/s1. The number of nitrogens with zero attached hydrogens (tertiary/aromatic N) is 3. The lowest BCUT2D eigenvalue weighted by molar-refractivity contribution is -0.122. The highest BCUT2D eigenvalue weighted by Crippen LogP contribution is 2.21. The van der Waals surface area contributed by atoms with E-state index in [1.165, 1.54) is 12.8 Å². The number of amides is 1. The van der Waals surface area contributed by atoms with E-state index in [0.29, 0.717) is 5.92 Å². The van der Waals surface area contributed by atoms with Crippen molar-refractivity contribution in [3.8, 4) is 0 Å². The molecule has 3 heterocycles. The number of hydrogen-bond donors (Lipinski definition) is 2. The number of carbonyl (C=O) groups excluding carboxylic acids is 1. The van der Waals surface area contributed by atoms with Gasteiger partial charge in [-0.3, -0.25) is 9.78 Å². The molecule has 0 bridgehead atoms. The van der Waals surface area contributed by atoms with Gasteiger partial charge in [-0.1, -0.05) is 0 Å². The Morgan fingerprint density at radius 3 is 2.68 bits per heavy atom. The van der Waals surface area contributed by atoms with Crippen LogP contribution in [0.25, 0.3) is 0 Å². The first-order chi connectivity index (χ1) is 10.7. The lowest BCUT2D eigenvalue weighted by Crippen LogP contribution is -2.39.